The van der Waals surface area contributed by atoms with Gasteiger partial charge in [0, 0.05) is 5.69 Å². The first kappa shape index (κ1) is 21.9. The highest BCUT2D eigenvalue weighted by atomic mass is 35.5. The highest BCUT2D eigenvalue weighted by Gasteiger charge is 2.14. The van der Waals surface area contributed by atoms with Crippen LogP contribution in [0, 0.1) is 13.8 Å². The van der Waals surface area contributed by atoms with Crippen LogP contribution in [0.1, 0.15) is 11.1 Å². The predicted molar refractivity (Wildman–Crippen MR) is 127 cm³/mol. The Balaban J connectivity index is 1.77. The number of nitrogens with zero attached hydrogens (tertiary/aromatic N) is 3. The third kappa shape index (κ3) is 4.46. The molecule has 7 nitrogen and oxygen atoms in total. The zero-order chi connectivity index (χ0) is 22.9. The van der Waals surface area contributed by atoms with E-state index in [4.69, 9.17) is 16.3 Å². The Hall–Kier alpha value is -3.36. The Morgan fingerprint density at radius 2 is 1.66 bits per heavy atom. The summed E-state index contributed by atoms with van der Waals surface area (Å²) in [6, 6.07) is 17.1. The van der Waals surface area contributed by atoms with Crippen LogP contribution >= 0.6 is 11.6 Å². The van der Waals surface area contributed by atoms with Gasteiger partial charge in [0.15, 0.2) is 0 Å². The van der Waals surface area contributed by atoms with Gasteiger partial charge in [0.05, 0.1) is 22.5 Å². The Morgan fingerprint density at radius 3 is 2.31 bits per heavy atom. The number of aryl methyl sites for hydroxylation is 2. The highest BCUT2D eigenvalue weighted by molar-refractivity contribution is 7.94. The smallest absolute Gasteiger partial charge is 0.202 e. The van der Waals surface area contributed by atoms with E-state index in [-0.39, 0.29) is 16.5 Å². The van der Waals surface area contributed by atoms with Gasteiger partial charge in [0.2, 0.25) is 10.0 Å². The van der Waals surface area contributed by atoms with E-state index in [0.29, 0.717) is 27.5 Å². The van der Waals surface area contributed by atoms with E-state index < -0.39 is 10.0 Å². The molecule has 1 heterocycles. The summed E-state index contributed by atoms with van der Waals surface area (Å²) >= 11 is 6.22. The fourth-order valence-electron chi connectivity index (χ4n) is 3.06. The van der Waals surface area contributed by atoms with E-state index in [1.165, 1.54) is 13.2 Å². The van der Waals surface area contributed by atoms with Crippen molar-refractivity contribution in [3.8, 4) is 5.75 Å². The molecule has 0 radical (unpaired) electrons. The van der Waals surface area contributed by atoms with Crippen molar-refractivity contribution >= 4 is 50.0 Å². The van der Waals surface area contributed by atoms with E-state index in [1.54, 1.807) is 48.5 Å². The van der Waals surface area contributed by atoms with Crippen molar-refractivity contribution in [2.45, 2.75) is 18.7 Å². The Morgan fingerprint density at radius 1 is 0.938 bits per heavy atom. The van der Waals surface area contributed by atoms with Crippen molar-refractivity contribution in [1.82, 2.24) is 9.97 Å². The lowest BCUT2D eigenvalue weighted by Crippen LogP contribution is -2.03. The van der Waals surface area contributed by atoms with E-state index >= 15 is 0 Å². The SMILES string of the molecule is COc1ccc(Nc2nc3ccccc3nc2[N-]S(=O)(=O)c2ccc(C)c(C)c2)cc1Cl. The maximum Gasteiger partial charge on any atom is 0.202 e. The van der Waals surface area contributed by atoms with E-state index in [1.807, 2.05) is 19.9 Å². The fraction of sp³-hybridized carbons (Fsp3) is 0.130. The first-order valence-electron chi connectivity index (χ1n) is 9.69. The van der Waals surface area contributed by atoms with E-state index in [0.717, 1.165) is 11.1 Å². The van der Waals surface area contributed by atoms with Gasteiger partial charge < -0.3 is 19.8 Å². The van der Waals surface area contributed by atoms with Crippen molar-refractivity contribution in [2.24, 2.45) is 0 Å². The van der Waals surface area contributed by atoms with Gasteiger partial charge in [-0.25, -0.2) is 13.4 Å². The third-order valence-corrected chi connectivity index (χ3v) is 6.51. The Kier molecular flexibility index (Phi) is 5.90. The summed E-state index contributed by atoms with van der Waals surface area (Å²) in [7, 11) is -2.49. The average Bonchev–Trinajstić information content (AvgIpc) is 2.76. The van der Waals surface area contributed by atoms with Gasteiger partial charge in [-0.1, -0.05) is 35.9 Å². The summed E-state index contributed by atoms with van der Waals surface area (Å²) in [5.41, 5.74) is 3.56. The van der Waals surface area contributed by atoms with Crippen LogP contribution in [0.5, 0.6) is 5.75 Å². The second-order valence-electron chi connectivity index (χ2n) is 7.17. The summed E-state index contributed by atoms with van der Waals surface area (Å²) in [4.78, 5) is 9.09. The molecule has 1 aromatic heterocycles. The zero-order valence-corrected chi connectivity index (χ0v) is 19.2. The van der Waals surface area contributed by atoms with Crippen LogP contribution in [0.15, 0.2) is 65.6 Å². The molecule has 4 rings (SSSR count). The molecule has 9 heteroatoms. The lowest BCUT2D eigenvalue weighted by atomic mass is 10.1. The number of ether oxygens (including phenoxy) is 1. The van der Waals surface area contributed by atoms with Crippen molar-refractivity contribution in [3.05, 3.63) is 81.5 Å². The molecule has 32 heavy (non-hydrogen) atoms. The number of aromatic nitrogens is 2. The van der Waals surface area contributed by atoms with Gasteiger partial charge in [0.25, 0.3) is 0 Å². The lowest BCUT2D eigenvalue weighted by molar-refractivity contribution is 0.415. The number of halogens is 1. The molecule has 4 aromatic rings. The molecule has 0 aliphatic rings. The quantitative estimate of drug-likeness (QED) is 0.371. The molecule has 1 N–H and O–H groups in total. The van der Waals surface area contributed by atoms with Gasteiger partial charge in [-0.05, 0) is 72.7 Å². The molecule has 0 aliphatic heterocycles. The van der Waals surface area contributed by atoms with Gasteiger partial charge in [-0.3, -0.25) is 0 Å². The Bertz CT molecular complexity index is 1420. The van der Waals surface area contributed by atoms with E-state index in [2.05, 4.69) is 20.0 Å². The second-order valence-corrected chi connectivity index (χ2v) is 9.18. The number of hydrogen-bond acceptors (Lipinski definition) is 6. The average molecular weight is 468 g/mol. The molecule has 0 aliphatic carbocycles. The minimum Gasteiger partial charge on any atom is -0.495 e. The number of fused-ring (bicyclic) bond motifs is 1. The molecule has 0 unspecified atom stereocenters. The molecule has 0 amide bonds. The maximum atomic E-state index is 13.0. The molecule has 0 saturated carbocycles. The van der Waals surface area contributed by atoms with Crippen molar-refractivity contribution in [1.29, 1.82) is 0 Å². The molecule has 0 fully saturated rings. The summed E-state index contributed by atoms with van der Waals surface area (Å²) in [5, 5.41) is 3.48. The molecule has 0 spiro atoms. The molecule has 3 aromatic carbocycles. The molecule has 164 valence electrons. The summed E-state index contributed by atoms with van der Waals surface area (Å²) in [6.07, 6.45) is 0. The fourth-order valence-corrected chi connectivity index (χ4v) is 4.34. The second kappa shape index (κ2) is 8.64. The number of methoxy groups -OCH3 is 1. The number of para-hydroxylation sites is 2. The number of hydrogen-bond donors (Lipinski definition) is 1. The van der Waals surface area contributed by atoms with Crippen LogP contribution in [0.25, 0.3) is 15.8 Å². The Labute approximate surface area is 191 Å². The normalized spacial score (nSPS) is 11.4. The lowest BCUT2D eigenvalue weighted by Gasteiger charge is -2.21. The van der Waals surface area contributed by atoms with Crippen LogP contribution in [-0.2, 0) is 10.0 Å². The topological polar surface area (TPSA) is 95.3 Å². The van der Waals surface area contributed by atoms with Gasteiger partial charge in [-0.2, -0.15) is 0 Å². The zero-order valence-electron chi connectivity index (χ0n) is 17.6. The number of anilines is 2. The minimum atomic E-state index is -4.02. The number of rotatable bonds is 6. The monoisotopic (exact) mass is 467 g/mol. The van der Waals surface area contributed by atoms with Crippen molar-refractivity contribution in [3.63, 3.8) is 0 Å². The third-order valence-electron chi connectivity index (χ3n) is 4.95. The molecule has 0 saturated heterocycles. The van der Waals surface area contributed by atoms with Crippen molar-refractivity contribution < 1.29 is 13.2 Å². The largest absolute Gasteiger partial charge is 0.495 e. The molecular weight excluding hydrogens is 448 g/mol. The first-order chi connectivity index (χ1) is 15.3. The molecular formula is C23H20ClN4O3S-. The maximum absolute atomic E-state index is 13.0. The van der Waals surface area contributed by atoms with Crippen LogP contribution in [-0.4, -0.2) is 25.5 Å². The first-order valence-corrected chi connectivity index (χ1v) is 11.5. The standard InChI is InChI=1S/C23H20ClN4O3S/c1-14-8-10-17(12-15(14)2)32(29,30)28-23-22(26-19-6-4-5-7-20(19)27-23)25-16-9-11-21(31-3)18(24)13-16/h4-13H,1-3H3,(H-,25,26,27,28)/q-1. The number of sulfonamides is 1. The van der Waals surface area contributed by atoms with Gasteiger partial charge in [0.1, 0.15) is 11.6 Å². The summed E-state index contributed by atoms with van der Waals surface area (Å²) in [6.45, 7) is 3.77. The number of benzene rings is 3. The summed E-state index contributed by atoms with van der Waals surface area (Å²) < 4.78 is 35.3. The number of nitrogens with one attached hydrogen (secondary N) is 1. The van der Waals surface area contributed by atoms with Gasteiger partial charge in [-0.15, -0.1) is 0 Å². The van der Waals surface area contributed by atoms with Crippen molar-refractivity contribution in [2.75, 3.05) is 12.4 Å². The summed E-state index contributed by atoms with van der Waals surface area (Å²) in [5.74, 6) is 0.662. The van der Waals surface area contributed by atoms with E-state index in [9.17, 15) is 8.42 Å². The van der Waals surface area contributed by atoms with Crippen LogP contribution < -0.4 is 10.1 Å². The minimum absolute atomic E-state index is 0.0473. The molecule has 0 atom stereocenters. The van der Waals surface area contributed by atoms with Crippen LogP contribution in [0.2, 0.25) is 5.02 Å². The van der Waals surface area contributed by atoms with Crippen LogP contribution in [0.4, 0.5) is 17.3 Å². The highest BCUT2D eigenvalue weighted by Crippen LogP contribution is 2.36. The predicted octanol–water partition coefficient (Wildman–Crippen LogP) is 6.05. The van der Waals surface area contributed by atoms with Gasteiger partial charge >= 0.3 is 0 Å². The molecule has 0 bridgehead atoms. The van der Waals surface area contributed by atoms with Crippen LogP contribution in [0.3, 0.4) is 0 Å².